The van der Waals surface area contributed by atoms with Crippen LogP contribution in [0, 0.1) is 6.07 Å². The minimum Gasteiger partial charge on any atom is -0.507 e. The summed E-state index contributed by atoms with van der Waals surface area (Å²) in [4.78, 5) is 9.67. The molecule has 0 aliphatic heterocycles. The number of aromatic nitrogens is 3. The molecule has 0 aliphatic carbocycles. The number of imidazole rings is 1. The molecule has 0 aliphatic rings. The minimum absolute atomic E-state index is 0. The zero-order valence-electron chi connectivity index (χ0n) is 20.2. The van der Waals surface area contributed by atoms with E-state index in [4.69, 9.17) is 9.97 Å². The molecule has 37 heavy (non-hydrogen) atoms. The maximum absolute atomic E-state index is 10.4. The van der Waals surface area contributed by atoms with Crippen molar-refractivity contribution in [2.45, 2.75) is 6.42 Å². The van der Waals surface area contributed by atoms with Crippen molar-refractivity contribution >= 4 is 11.0 Å². The van der Waals surface area contributed by atoms with Gasteiger partial charge >= 0.3 is 0 Å². The molecule has 4 aromatic carbocycles. The van der Waals surface area contributed by atoms with E-state index in [1.807, 2.05) is 66.3 Å². The first-order valence-electron chi connectivity index (χ1n) is 11.9. The van der Waals surface area contributed by atoms with Gasteiger partial charge in [0.05, 0.1) is 16.6 Å². The molecule has 0 spiro atoms. The van der Waals surface area contributed by atoms with Crippen molar-refractivity contribution in [3.8, 4) is 39.5 Å². The van der Waals surface area contributed by atoms with Gasteiger partial charge in [-0.3, -0.25) is 4.98 Å². The number of hydrogen-bond donors (Lipinski definition) is 1. The third-order valence-corrected chi connectivity index (χ3v) is 6.49. The zero-order valence-corrected chi connectivity index (χ0v) is 22.5. The van der Waals surface area contributed by atoms with Crippen molar-refractivity contribution in [2.24, 2.45) is 7.05 Å². The first kappa shape index (κ1) is 24.7. The van der Waals surface area contributed by atoms with Crippen LogP contribution in [0.1, 0.15) is 11.1 Å². The summed E-state index contributed by atoms with van der Waals surface area (Å²) in [7, 11) is 1.97. The number of aryl methyl sites for hydroxylation is 1. The van der Waals surface area contributed by atoms with Gasteiger partial charge in [-0.15, -0.1) is 29.8 Å². The summed E-state index contributed by atoms with van der Waals surface area (Å²) in [6, 6.07) is 37.7. The molecule has 4 nitrogen and oxygen atoms in total. The van der Waals surface area contributed by atoms with Crippen LogP contribution < -0.4 is 0 Å². The van der Waals surface area contributed by atoms with Crippen LogP contribution in [0.4, 0.5) is 0 Å². The van der Waals surface area contributed by atoms with E-state index < -0.39 is 0 Å². The summed E-state index contributed by atoms with van der Waals surface area (Å²) >= 11 is 0. The first-order valence-corrected chi connectivity index (χ1v) is 11.9. The molecule has 2 heterocycles. The van der Waals surface area contributed by atoms with Crippen molar-refractivity contribution < 1.29 is 26.2 Å². The molecule has 5 heteroatoms. The Morgan fingerprint density at radius 1 is 0.730 bits per heavy atom. The van der Waals surface area contributed by atoms with Crippen molar-refractivity contribution in [3.63, 3.8) is 0 Å². The Bertz CT molecular complexity index is 1670. The van der Waals surface area contributed by atoms with Gasteiger partial charge in [0.2, 0.25) is 0 Å². The number of nitrogens with zero attached hydrogens (tertiary/aromatic N) is 3. The molecule has 0 amide bonds. The fourth-order valence-electron chi connectivity index (χ4n) is 4.63. The van der Waals surface area contributed by atoms with E-state index in [0.29, 0.717) is 5.56 Å². The van der Waals surface area contributed by atoms with Gasteiger partial charge in [-0.1, -0.05) is 77.9 Å². The van der Waals surface area contributed by atoms with Gasteiger partial charge in [0, 0.05) is 40.0 Å². The quantitative estimate of drug-likeness (QED) is 0.201. The monoisotopic (exact) mass is 661 g/mol. The largest absolute Gasteiger partial charge is 0.507 e. The summed E-state index contributed by atoms with van der Waals surface area (Å²) in [5, 5.41) is 10.4. The van der Waals surface area contributed by atoms with E-state index in [-0.39, 0.29) is 26.8 Å². The Labute approximate surface area is 230 Å². The number of pyridine rings is 1. The molecule has 1 N–H and O–H groups in total. The van der Waals surface area contributed by atoms with Crippen molar-refractivity contribution in [3.05, 3.63) is 127 Å². The van der Waals surface area contributed by atoms with E-state index >= 15 is 0 Å². The van der Waals surface area contributed by atoms with Crippen molar-refractivity contribution in [1.29, 1.82) is 0 Å². The number of fused-ring (bicyclic) bond motifs is 1. The van der Waals surface area contributed by atoms with E-state index in [1.165, 1.54) is 11.1 Å². The van der Waals surface area contributed by atoms with Crippen LogP contribution in [-0.4, -0.2) is 19.6 Å². The van der Waals surface area contributed by atoms with Gasteiger partial charge in [0.25, 0.3) is 0 Å². The number of phenolic OH excluding ortho intramolecular Hbond substituents is 1. The van der Waals surface area contributed by atoms with E-state index in [2.05, 4.69) is 54.6 Å². The van der Waals surface area contributed by atoms with Crippen molar-refractivity contribution in [2.75, 3.05) is 0 Å². The van der Waals surface area contributed by atoms with Gasteiger partial charge in [0.1, 0.15) is 11.6 Å². The smallest absolute Gasteiger partial charge is 0.143 e. The predicted molar refractivity (Wildman–Crippen MR) is 145 cm³/mol. The van der Waals surface area contributed by atoms with Crippen LogP contribution in [0.2, 0.25) is 0 Å². The molecule has 2 aromatic heterocycles. The topological polar surface area (TPSA) is 50.9 Å². The Morgan fingerprint density at radius 3 is 2.24 bits per heavy atom. The average molecular weight is 662 g/mol. The number of hydrogen-bond acceptors (Lipinski definition) is 3. The van der Waals surface area contributed by atoms with Crippen LogP contribution in [0.15, 0.2) is 109 Å². The second-order valence-electron chi connectivity index (χ2n) is 8.88. The second kappa shape index (κ2) is 10.5. The molecule has 0 saturated carbocycles. The van der Waals surface area contributed by atoms with Crippen LogP contribution in [0.25, 0.3) is 44.8 Å². The fourth-order valence-corrected chi connectivity index (χ4v) is 4.63. The summed E-state index contributed by atoms with van der Waals surface area (Å²) < 4.78 is 2.02. The number of phenols is 1. The standard InChI is InChI=1S/C32H24N3O.Pt/c1-35-29-15-8-14-26(31(29)34-32(35)27-13-5-6-16-30(27)36)24-11-7-12-25(20-24)28-18-17-23(21-33-28)19-22-9-3-2-4-10-22;/h2-18,21,36H,19H2,1H3;/q-1;. The summed E-state index contributed by atoms with van der Waals surface area (Å²) in [5.41, 5.74) is 8.79. The van der Waals surface area contributed by atoms with Crippen LogP contribution in [-0.2, 0) is 34.5 Å². The summed E-state index contributed by atoms with van der Waals surface area (Å²) in [5.74, 6) is 0.940. The van der Waals surface area contributed by atoms with Crippen LogP contribution in [0.3, 0.4) is 0 Å². The van der Waals surface area contributed by atoms with Crippen LogP contribution >= 0.6 is 0 Å². The molecule has 0 unspecified atom stereocenters. The van der Waals surface area contributed by atoms with Gasteiger partial charge in [-0.05, 0) is 35.7 Å². The molecule has 0 fully saturated rings. The Balaban J connectivity index is 0.00000280. The minimum atomic E-state index is 0. The Morgan fingerprint density at radius 2 is 1.46 bits per heavy atom. The third kappa shape index (κ3) is 4.85. The molecule has 0 atom stereocenters. The van der Waals surface area contributed by atoms with E-state index in [0.717, 1.165) is 45.7 Å². The molecular formula is C32H24N3OPt-. The van der Waals surface area contributed by atoms with E-state index in [1.54, 1.807) is 6.07 Å². The van der Waals surface area contributed by atoms with Gasteiger partial charge in [-0.25, -0.2) is 4.98 Å². The maximum Gasteiger partial charge on any atom is 0.143 e. The van der Waals surface area contributed by atoms with E-state index in [9.17, 15) is 5.11 Å². The summed E-state index contributed by atoms with van der Waals surface area (Å²) in [6.07, 6.45) is 2.81. The predicted octanol–water partition coefficient (Wildman–Crippen LogP) is 7.06. The SMILES string of the molecule is Cn1c(-c2ccccc2O)nc2c(-c3[c-]c(-c4ccc(Cc5ccccc5)cn4)ccc3)cccc21.[Pt]. The normalized spacial score (nSPS) is 10.8. The number of para-hydroxylation sites is 2. The first-order chi connectivity index (χ1) is 17.7. The molecule has 6 aromatic rings. The Kier molecular flexibility index (Phi) is 7.03. The maximum atomic E-state index is 10.4. The van der Waals surface area contributed by atoms with Crippen molar-refractivity contribution in [1.82, 2.24) is 14.5 Å². The number of aromatic hydroxyl groups is 1. The summed E-state index contributed by atoms with van der Waals surface area (Å²) in [6.45, 7) is 0. The van der Waals surface area contributed by atoms with Gasteiger partial charge in [0.15, 0.2) is 0 Å². The third-order valence-electron chi connectivity index (χ3n) is 6.49. The molecule has 0 saturated heterocycles. The van der Waals surface area contributed by atoms with Crippen LogP contribution in [0.5, 0.6) is 5.75 Å². The van der Waals surface area contributed by atoms with Gasteiger partial charge < -0.3 is 9.67 Å². The number of benzene rings is 4. The number of rotatable bonds is 5. The second-order valence-corrected chi connectivity index (χ2v) is 8.88. The molecule has 0 bridgehead atoms. The Hall–Kier alpha value is -4.01. The molecule has 0 radical (unpaired) electrons. The fraction of sp³-hybridized carbons (Fsp3) is 0.0625. The zero-order chi connectivity index (χ0) is 24.5. The average Bonchev–Trinajstić information content (AvgIpc) is 3.26. The molecular weight excluding hydrogens is 637 g/mol. The molecule has 6 rings (SSSR count). The van der Waals surface area contributed by atoms with Gasteiger partial charge in [-0.2, -0.15) is 0 Å². The molecule has 184 valence electrons.